The third-order valence-corrected chi connectivity index (χ3v) is 9.53. The number of aryl methyl sites for hydroxylation is 1. The second kappa shape index (κ2) is 6.56. The molecular formula is C18H28F2N2OSi. The molecule has 2 rings (SSSR count). The third kappa shape index (κ3) is 3.69. The first-order valence-corrected chi connectivity index (χ1v) is 11.3. The molecule has 1 heterocycles. The molecule has 3 nitrogen and oxygen atoms in total. The van der Waals surface area contributed by atoms with Gasteiger partial charge in [-0.3, -0.25) is 10.5 Å². The molecular weight excluding hydrogens is 326 g/mol. The Bertz CT molecular complexity index is 630. The Labute approximate surface area is 144 Å². The van der Waals surface area contributed by atoms with Gasteiger partial charge in [-0.15, -0.1) is 0 Å². The van der Waals surface area contributed by atoms with Crippen LogP contribution in [-0.4, -0.2) is 20.7 Å². The highest BCUT2D eigenvalue weighted by Gasteiger charge is 2.40. The van der Waals surface area contributed by atoms with Crippen molar-refractivity contribution in [3.8, 4) is 0 Å². The molecule has 0 amide bonds. The number of rotatable bonds is 3. The molecule has 2 atom stereocenters. The van der Waals surface area contributed by atoms with Crippen molar-refractivity contribution in [3.05, 3.63) is 34.9 Å². The van der Waals surface area contributed by atoms with Gasteiger partial charge in [0.05, 0.1) is 0 Å². The van der Waals surface area contributed by atoms with Crippen molar-refractivity contribution in [2.75, 3.05) is 6.54 Å². The first-order chi connectivity index (χ1) is 10.9. The van der Waals surface area contributed by atoms with Gasteiger partial charge in [0, 0.05) is 23.9 Å². The van der Waals surface area contributed by atoms with Crippen molar-refractivity contribution in [1.82, 2.24) is 5.48 Å². The van der Waals surface area contributed by atoms with Crippen LogP contribution in [-0.2, 0) is 4.53 Å². The highest BCUT2D eigenvalue weighted by Crippen LogP contribution is 2.37. The number of hydrogen-bond acceptors (Lipinski definition) is 3. The summed E-state index contributed by atoms with van der Waals surface area (Å²) in [6, 6.07) is 2.76. The van der Waals surface area contributed by atoms with E-state index >= 15 is 0 Å². The average Bonchev–Trinajstić information content (AvgIpc) is 2.76. The second-order valence-electron chi connectivity index (χ2n) is 8.23. The number of aliphatic imine (C=N–C) groups is 1. The standard InChI is InChI=1S/C18H28F2N2OSi/c1-11-8-14(19)16(15(20)9-11)13-10-21-17(12(13)2)22-23-24(6,7)18(3,4)5/h8-9,12-13H,10H2,1-7H3,(H,21,22)/t12-,13+/m0/s1. The van der Waals surface area contributed by atoms with Crippen molar-refractivity contribution >= 4 is 14.2 Å². The van der Waals surface area contributed by atoms with E-state index in [1.807, 2.05) is 6.92 Å². The van der Waals surface area contributed by atoms with Crippen molar-refractivity contribution < 1.29 is 13.3 Å². The molecule has 134 valence electrons. The lowest BCUT2D eigenvalue weighted by Gasteiger charge is -2.35. The summed E-state index contributed by atoms with van der Waals surface area (Å²) in [4.78, 5) is 4.43. The molecule has 1 aromatic carbocycles. The fraction of sp³-hybridized carbons (Fsp3) is 0.611. The van der Waals surface area contributed by atoms with Crippen LogP contribution in [0.4, 0.5) is 8.78 Å². The van der Waals surface area contributed by atoms with Gasteiger partial charge in [0.1, 0.15) is 17.5 Å². The van der Waals surface area contributed by atoms with Crippen LogP contribution in [0.2, 0.25) is 18.1 Å². The number of hydrogen-bond donors (Lipinski definition) is 1. The van der Waals surface area contributed by atoms with Crippen molar-refractivity contribution in [2.45, 2.75) is 58.7 Å². The van der Waals surface area contributed by atoms with Crippen LogP contribution in [0, 0.1) is 24.5 Å². The summed E-state index contributed by atoms with van der Waals surface area (Å²) in [6.07, 6.45) is 0. The minimum atomic E-state index is -1.97. The van der Waals surface area contributed by atoms with Crippen molar-refractivity contribution in [2.24, 2.45) is 10.9 Å². The summed E-state index contributed by atoms with van der Waals surface area (Å²) in [5.41, 5.74) is 3.70. The molecule has 6 heteroatoms. The maximum absolute atomic E-state index is 14.3. The predicted molar refractivity (Wildman–Crippen MR) is 96.7 cm³/mol. The van der Waals surface area contributed by atoms with Crippen LogP contribution in [0.5, 0.6) is 0 Å². The minimum absolute atomic E-state index is 0.0664. The van der Waals surface area contributed by atoms with E-state index in [9.17, 15) is 8.78 Å². The summed E-state index contributed by atoms with van der Waals surface area (Å²) in [6.45, 7) is 14.7. The van der Waals surface area contributed by atoms with Crippen LogP contribution in [0.1, 0.15) is 44.7 Å². The molecule has 0 bridgehead atoms. The number of hydroxylamine groups is 1. The number of amidine groups is 1. The van der Waals surface area contributed by atoms with E-state index in [4.69, 9.17) is 4.53 Å². The zero-order chi connectivity index (χ0) is 18.3. The van der Waals surface area contributed by atoms with Crippen LogP contribution in [0.3, 0.4) is 0 Å². The zero-order valence-electron chi connectivity index (χ0n) is 15.6. The van der Waals surface area contributed by atoms with Gasteiger partial charge in [-0.1, -0.05) is 27.7 Å². The fourth-order valence-electron chi connectivity index (χ4n) is 2.55. The molecule has 0 unspecified atom stereocenters. The molecule has 0 fully saturated rings. The summed E-state index contributed by atoms with van der Waals surface area (Å²) < 4.78 is 34.5. The smallest absolute Gasteiger partial charge is 0.228 e. The number of halogens is 2. The Hall–Kier alpha value is -1.27. The number of nitrogens with zero attached hydrogens (tertiary/aromatic N) is 1. The Kier molecular flexibility index (Phi) is 5.21. The first-order valence-electron chi connectivity index (χ1n) is 8.38. The second-order valence-corrected chi connectivity index (χ2v) is 13.0. The van der Waals surface area contributed by atoms with Crippen LogP contribution in [0.15, 0.2) is 17.1 Å². The lowest BCUT2D eigenvalue weighted by molar-refractivity contribution is 0.229. The van der Waals surface area contributed by atoms with Crippen LogP contribution in [0.25, 0.3) is 0 Å². The van der Waals surface area contributed by atoms with Gasteiger partial charge in [-0.25, -0.2) is 8.78 Å². The van der Waals surface area contributed by atoms with Crippen molar-refractivity contribution in [3.63, 3.8) is 0 Å². The maximum atomic E-state index is 14.3. The predicted octanol–water partition coefficient (Wildman–Crippen LogP) is 4.93. The third-order valence-electron chi connectivity index (χ3n) is 5.30. The topological polar surface area (TPSA) is 33.6 Å². The molecule has 24 heavy (non-hydrogen) atoms. The maximum Gasteiger partial charge on any atom is 0.228 e. The highest BCUT2D eigenvalue weighted by molar-refractivity contribution is 6.74. The molecule has 1 N–H and O–H groups in total. The molecule has 1 aromatic rings. The SMILES string of the molecule is Cc1cc(F)c([C@@H]2CN=C(NO[Si](C)(C)C(C)(C)C)[C@H]2C)c(F)c1. The van der Waals surface area contributed by atoms with E-state index in [-0.39, 0.29) is 22.4 Å². The van der Waals surface area contributed by atoms with E-state index in [2.05, 4.69) is 44.3 Å². The lowest BCUT2D eigenvalue weighted by atomic mass is 9.87. The molecule has 0 aliphatic carbocycles. The lowest BCUT2D eigenvalue weighted by Crippen LogP contribution is -2.47. The molecule has 0 aromatic heterocycles. The Morgan fingerprint density at radius 1 is 1.21 bits per heavy atom. The average molecular weight is 355 g/mol. The minimum Gasteiger partial charge on any atom is -0.321 e. The number of benzene rings is 1. The summed E-state index contributed by atoms with van der Waals surface area (Å²) >= 11 is 0. The Morgan fingerprint density at radius 3 is 2.25 bits per heavy atom. The Balaban J connectivity index is 2.12. The Morgan fingerprint density at radius 2 is 1.75 bits per heavy atom. The van der Waals surface area contributed by atoms with E-state index in [0.717, 1.165) is 0 Å². The van der Waals surface area contributed by atoms with Gasteiger partial charge in [0.25, 0.3) is 0 Å². The normalized spacial score (nSPS) is 21.8. The fourth-order valence-corrected chi connectivity index (χ4v) is 3.22. The highest BCUT2D eigenvalue weighted by atomic mass is 28.4. The summed E-state index contributed by atoms with van der Waals surface area (Å²) in [5.74, 6) is -0.751. The van der Waals surface area contributed by atoms with Gasteiger partial charge in [0.2, 0.25) is 8.32 Å². The largest absolute Gasteiger partial charge is 0.321 e. The van der Waals surface area contributed by atoms with E-state index in [1.165, 1.54) is 12.1 Å². The monoisotopic (exact) mass is 354 g/mol. The molecule has 0 saturated carbocycles. The van der Waals surface area contributed by atoms with Crippen molar-refractivity contribution in [1.29, 1.82) is 0 Å². The molecule has 0 spiro atoms. The van der Waals surface area contributed by atoms with Crippen LogP contribution < -0.4 is 5.48 Å². The zero-order valence-corrected chi connectivity index (χ0v) is 16.6. The molecule has 0 saturated heterocycles. The first kappa shape index (κ1) is 19.1. The van der Waals surface area contributed by atoms with Gasteiger partial charge in [0.15, 0.2) is 0 Å². The number of nitrogens with one attached hydrogen (secondary N) is 1. The van der Waals surface area contributed by atoms with E-state index in [1.54, 1.807) is 6.92 Å². The molecule has 1 aliphatic rings. The van der Waals surface area contributed by atoms with Gasteiger partial charge in [-0.05, 0) is 42.8 Å². The summed E-state index contributed by atoms with van der Waals surface area (Å²) in [5, 5.41) is 0.0664. The summed E-state index contributed by atoms with van der Waals surface area (Å²) in [7, 11) is -1.97. The molecule has 1 aliphatic heterocycles. The van der Waals surface area contributed by atoms with E-state index in [0.29, 0.717) is 17.9 Å². The quantitative estimate of drug-likeness (QED) is 0.617. The van der Waals surface area contributed by atoms with Gasteiger partial charge >= 0.3 is 0 Å². The van der Waals surface area contributed by atoms with Crippen LogP contribution >= 0.6 is 0 Å². The van der Waals surface area contributed by atoms with Gasteiger partial charge < -0.3 is 4.53 Å². The molecule has 0 radical (unpaired) electrons. The van der Waals surface area contributed by atoms with Gasteiger partial charge in [-0.2, -0.15) is 0 Å². The van der Waals surface area contributed by atoms with E-state index < -0.39 is 20.0 Å².